The van der Waals surface area contributed by atoms with Gasteiger partial charge in [-0.2, -0.15) is 0 Å². The Morgan fingerprint density at radius 2 is 2.00 bits per heavy atom. The Bertz CT molecular complexity index is 233. The Morgan fingerprint density at radius 3 is 2.62 bits per heavy atom. The van der Waals surface area contributed by atoms with E-state index < -0.39 is 0 Å². The van der Waals surface area contributed by atoms with Crippen molar-refractivity contribution in [3.05, 3.63) is 0 Å². The molecule has 0 bridgehead atoms. The fourth-order valence-corrected chi connectivity index (χ4v) is 2.11. The van der Waals surface area contributed by atoms with Gasteiger partial charge in [0.1, 0.15) is 0 Å². The Hall–Kier alpha value is -0.650. The molecule has 2 aliphatic rings. The molecule has 0 aromatic heterocycles. The van der Waals surface area contributed by atoms with Crippen LogP contribution in [-0.4, -0.2) is 50.3 Å². The van der Waals surface area contributed by atoms with Crippen LogP contribution in [0.3, 0.4) is 0 Å². The first-order chi connectivity index (χ1) is 7.75. The van der Waals surface area contributed by atoms with E-state index in [1.807, 2.05) is 0 Å². The molecule has 5 nitrogen and oxygen atoms in total. The molecule has 2 rings (SSSR count). The summed E-state index contributed by atoms with van der Waals surface area (Å²) >= 11 is 0. The van der Waals surface area contributed by atoms with Crippen LogP contribution < -0.4 is 16.0 Å². The molecule has 0 spiro atoms. The first kappa shape index (κ1) is 11.8. The predicted molar refractivity (Wildman–Crippen MR) is 61.2 cm³/mol. The maximum atomic E-state index is 11.9. The highest BCUT2D eigenvalue weighted by Crippen LogP contribution is 2.06. The van der Waals surface area contributed by atoms with E-state index in [1.54, 1.807) is 0 Å². The van der Waals surface area contributed by atoms with Gasteiger partial charge < -0.3 is 20.7 Å². The topological polar surface area (TPSA) is 62.4 Å². The lowest BCUT2D eigenvalue weighted by molar-refractivity contribution is -0.124. The molecule has 2 saturated heterocycles. The van der Waals surface area contributed by atoms with Gasteiger partial charge in [-0.3, -0.25) is 4.79 Å². The van der Waals surface area contributed by atoms with Crippen molar-refractivity contribution in [1.29, 1.82) is 0 Å². The number of amides is 1. The molecule has 2 heterocycles. The Morgan fingerprint density at radius 1 is 1.25 bits per heavy atom. The van der Waals surface area contributed by atoms with Crippen molar-refractivity contribution in [3.63, 3.8) is 0 Å². The van der Waals surface area contributed by atoms with Crippen LogP contribution in [0.1, 0.15) is 19.8 Å². The normalized spacial score (nSPS) is 32.3. The van der Waals surface area contributed by atoms with Gasteiger partial charge in [0, 0.05) is 38.4 Å². The summed E-state index contributed by atoms with van der Waals surface area (Å²) in [5.74, 6) is 0.117. The van der Waals surface area contributed by atoms with Gasteiger partial charge in [-0.05, 0) is 19.8 Å². The molecule has 5 heteroatoms. The van der Waals surface area contributed by atoms with Crippen LogP contribution in [0.5, 0.6) is 0 Å². The van der Waals surface area contributed by atoms with Crippen LogP contribution in [0, 0.1) is 0 Å². The average Bonchev–Trinajstić information content (AvgIpc) is 2.31. The third-order valence-corrected chi connectivity index (χ3v) is 3.23. The minimum absolute atomic E-state index is 0.0842. The van der Waals surface area contributed by atoms with Gasteiger partial charge in [0.2, 0.25) is 5.91 Å². The van der Waals surface area contributed by atoms with E-state index in [-0.39, 0.29) is 11.9 Å². The number of carbonyl (C=O) groups is 1. The van der Waals surface area contributed by atoms with Crippen LogP contribution in [0.25, 0.3) is 0 Å². The fraction of sp³-hybridized carbons (Fsp3) is 0.909. The van der Waals surface area contributed by atoms with E-state index in [4.69, 9.17) is 4.74 Å². The van der Waals surface area contributed by atoms with E-state index in [0.29, 0.717) is 12.1 Å². The van der Waals surface area contributed by atoms with Gasteiger partial charge in [-0.15, -0.1) is 0 Å². The molecule has 2 atom stereocenters. The number of nitrogens with one attached hydrogen (secondary N) is 3. The zero-order valence-corrected chi connectivity index (χ0v) is 9.79. The van der Waals surface area contributed by atoms with Gasteiger partial charge in [0.05, 0.1) is 6.04 Å². The van der Waals surface area contributed by atoms with Gasteiger partial charge in [-0.1, -0.05) is 0 Å². The Balaban J connectivity index is 1.74. The molecule has 16 heavy (non-hydrogen) atoms. The Labute approximate surface area is 96.3 Å². The maximum Gasteiger partial charge on any atom is 0.238 e. The second-order valence-corrected chi connectivity index (χ2v) is 4.67. The van der Waals surface area contributed by atoms with Crippen molar-refractivity contribution in [2.75, 3.05) is 26.3 Å². The standard InChI is InChI=1S/C11H21N3O2/c1-8-6-13-10(7-12-8)11(15)14-9-2-4-16-5-3-9/h8-10,12-13H,2-7H2,1H3,(H,14,15). The highest BCUT2D eigenvalue weighted by Gasteiger charge is 2.25. The summed E-state index contributed by atoms with van der Waals surface area (Å²) in [7, 11) is 0. The SMILES string of the molecule is CC1CNC(C(=O)NC2CCOCC2)CN1. The molecular weight excluding hydrogens is 206 g/mol. The highest BCUT2D eigenvalue weighted by molar-refractivity contribution is 5.82. The molecule has 3 N–H and O–H groups in total. The van der Waals surface area contributed by atoms with E-state index in [0.717, 1.165) is 39.1 Å². The predicted octanol–water partition coefficient (Wildman–Crippen LogP) is -0.768. The highest BCUT2D eigenvalue weighted by atomic mass is 16.5. The molecule has 0 saturated carbocycles. The van der Waals surface area contributed by atoms with Crippen LogP contribution in [-0.2, 0) is 9.53 Å². The molecule has 2 aliphatic heterocycles. The third-order valence-electron chi connectivity index (χ3n) is 3.23. The van der Waals surface area contributed by atoms with Crippen molar-refractivity contribution in [1.82, 2.24) is 16.0 Å². The molecule has 0 radical (unpaired) electrons. The minimum atomic E-state index is -0.0842. The first-order valence-electron chi connectivity index (χ1n) is 6.10. The maximum absolute atomic E-state index is 11.9. The first-order valence-corrected chi connectivity index (χ1v) is 6.10. The zero-order chi connectivity index (χ0) is 11.4. The zero-order valence-electron chi connectivity index (χ0n) is 9.79. The van der Waals surface area contributed by atoms with Gasteiger partial charge in [-0.25, -0.2) is 0 Å². The quantitative estimate of drug-likeness (QED) is 0.580. The number of hydrogen-bond acceptors (Lipinski definition) is 4. The van der Waals surface area contributed by atoms with Gasteiger partial charge in [0.15, 0.2) is 0 Å². The molecular formula is C11H21N3O2. The Kier molecular flexibility index (Phi) is 4.15. The number of piperazine rings is 1. The third kappa shape index (κ3) is 3.17. The number of ether oxygens (including phenoxy) is 1. The summed E-state index contributed by atoms with van der Waals surface area (Å²) in [6.07, 6.45) is 1.87. The number of hydrogen-bond donors (Lipinski definition) is 3. The average molecular weight is 227 g/mol. The van der Waals surface area contributed by atoms with Crippen molar-refractivity contribution in [3.8, 4) is 0 Å². The van der Waals surface area contributed by atoms with Crippen molar-refractivity contribution in [2.24, 2.45) is 0 Å². The lowest BCUT2D eigenvalue weighted by Crippen LogP contribution is -2.60. The van der Waals surface area contributed by atoms with Gasteiger partial charge >= 0.3 is 0 Å². The van der Waals surface area contributed by atoms with E-state index in [2.05, 4.69) is 22.9 Å². The summed E-state index contributed by atoms with van der Waals surface area (Å²) in [6, 6.07) is 0.661. The molecule has 92 valence electrons. The van der Waals surface area contributed by atoms with Crippen molar-refractivity contribution in [2.45, 2.75) is 37.9 Å². The van der Waals surface area contributed by atoms with Crippen LogP contribution in [0.4, 0.5) is 0 Å². The summed E-state index contributed by atoms with van der Waals surface area (Å²) < 4.78 is 5.26. The lowest BCUT2D eigenvalue weighted by Gasteiger charge is -2.30. The number of carbonyl (C=O) groups excluding carboxylic acids is 1. The molecule has 0 aromatic carbocycles. The van der Waals surface area contributed by atoms with Crippen LogP contribution in [0.2, 0.25) is 0 Å². The summed E-state index contributed by atoms with van der Waals surface area (Å²) in [6.45, 7) is 5.21. The summed E-state index contributed by atoms with van der Waals surface area (Å²) in [5, 5.41) is 9.64. The summed E-state index contributed by atoms with van der Waals surface area (Å²) in [4.78, 5) is 11.9. The van der Waals surface area contributed by atoms with Gasteiger partial charge in [0.25, 0.3) is 0 Å². The van der Waals surface area contributed by atoms with E-state index in [1.165, 1.54) is 0 Å². The largest absolute Gasteiger partial charge is 0.381 e. The molecule has 0 aliphatic carbocycles. The summed E-state index contributed by atoms with van der Waals surface area (Å²) in [5.41, 5.74) is 0. The molecule has 2 unspecified atom stereocenters. The van der Waals surface area contributed by atoms with Crippen LogP contribution >= 0.6 is 0 Å². The number of rotatable bonds is 2. The van der Waals surface area contributed by atoms with E-state index in [9.17, 15) is 4.79 Å². The van der Waals surface area contributed by atoms with Crippen molar-refractivity contribution < 1.29 is 9.53 Å². The van der Waals surface area contributed by atoms with Crippen molar-refractivity contribution >= 4 is 5.91 Å². The van der Waals surface area contributed by atoms with Crippen LogP contribution in [0.15, 0.2) is 0 Å². The molecule has 0 aromatic rings. The fourth-order valence-electron chi connectivity index (χ4n) is 2.11. The minimum Gasteiger partial charge on any atom is -0.381 e. The molecule has 1 amide bonds. The van der Waals surface area contributed by atoms with E-state index >= 15 is 0 Å². The lowest BCUT2D eigenvalue weighted by atomic mass is 10.1. The smallest absolute Gasteiger partial charge is 0.238 e. The second-order valence-electron chi connectivity index (χ2n) is 4.67. The molecule has 2 fully saturated rings. The second kappa shape index (κ2) is 5.61. The monoisotopic (exact) mass is 227 g/mol.